The molecule has 0 spiro atoms. The highest BCUT2D eigenvalue weighted by Crippen LogP contribution is 2.32. The maximum absolute atomic E-state index is 13.1. The second kappa shape index (κ2) is 16.9. The lowest BCUT2D eigenvalue weighted by molar-refractivity contribution is -0.205. The van der Waals surface area contributed by atoms with E-state index in [1.165, 1.54) is 43.7 Å². The van der Waals surface area contributed by atoms with Crippen LogP contribution in [0.4, 0.5) is 19.2 Å². The van der Waals surface area contributed by atoms with Crippen molar-refractivity contribution in [2.24, 2.45) is 0 Å². The smallest absolute Gasteiger partial charge is 0.416 e. The minimum absolute atomic E-state index is 0.0562. The van der Waals surface area contributed by atoms with E-state index < -0.39 is 54.2 Å². The SMILES string of the molecule is CC(=O)OC[C@H]1O[C@H](OC[C@@H](Cn2cc(CN(c3nc(-c4ccc(C(F)(F)F)cc4)no3)C3CCCCC3)nn2)OC(C)=O)C=C[C@@H]1OC(C)=O. The molecule has 1 aliphatic heterocycles. The number of nitrogens with zero attached hydrogens (tertiary/aromatic N) is 6. The van der Waals surface area contributed by atoms with E-state index in [9.17, 15) is 27.6 Å². The van der Waals surface area contributed by atoms with Crippen molar-refractivity contribution >= 4 is 23.9 Å². The summed E-state index contributed by atoms with van der Waals surface area (Å²) in [7, 11) is 0. The number of hydrogen-bond donors (Lipinski definition) is 0. The first-order valence-electron chi connectivity index (χ1n) is 16.4. The quantitative estimate of drug-likeness (QED) is 0.130. The number of benzene rings is 1. The van der Waals surface area contributed by atoms with Crippen molar-refractivity contribution in [3.63, 3.8) is 0 Å². The van der Waals surface area contributed by atoms with Crippen molar-refractivity contribution in [1.82, 2.24) is 25.1 Å². The van der Waals surface area contributed by atoms with E-state index in [0.29, 0.717) is 11.3 Å². The lowest BCUT2D eigenvalue weighted by Gasteiger charge is -2.32. The Labute approximate surface area is 291 Å². The Balaban J connectivity index is 1.25. The maximum atomic E-state index is 13.1. The zero-order valence-corrected chi connectivity index (χ0v) is 28.3. The summed E-state index contributed by atoms with van der Waals surface area (Å²) >= 11 is 0. The predicted octanol–water partition coefficient (Wildman–Crippen LogP) is 4.41. The largest absolute Gasteiger partial charge is 0.463 e. The van der Waals surface area contributed by atoms with Gasteiger partial charge in [0.25, 0.3) is 0 Å². The molecule has 1 aliphatic carbocycles. The summed E-state index contributed by atoms with van der Waals surface area (Å²) in [5, 5.41) is 12.6. The molecule has 51 heavy (non-hydrogen) atoms. The second-order valence-corrected chi connectivity index (χ2v) is 12.2. The van der Waals surface area contributed by atoms with Crippen LogP contribution in [-0.4, -0.2) is 86.9 Å². The lowest BCUT2D eigenvalue weighted by Crippen LogP contribution is -2.43. The zero-order chi connectivity index (χ0) is 36.5. The molecule has 0 unspecified atom stereocenters. The monoisotopic (exact) mass is 720 g/mol. The highest BCUT2D eigenvalue weighted by atomic mass is 19.4. The normalized spacial score (nSPS) is 20.1. The summed E-state index contributed by atoms with van der Waals surface area (Å²) in [6, 6.07) is 4.81. The molecule has 0 N–H and O–H groups in total. The van der Waals surface area contributed by atoms with Crippen LogP contribution in [0.25, 0.3) is 11.4 Å². The van der Waals surface area contributed by atoms with E-state index in [-0.39, 0.29) is 44.2 Å². The first kappa shape index (κ1) is 37.4. The van der Waals surface area contributed by atoms with Crippen molar-refractivity contribution in [3.8, 4) is 11.4 Å². The van der Waals surface area contributed by atoms with E-state index in [1.54, 1.807) is 12.3 Å². The predicted molar refractivity (Wildman–Crippen MR) is 169 cm³/mol. The molecule has 1 saturated carbocycles. The molecule has 3 heterocycles. The van der Waals surface area contributed by atoms with E-state index in [1.807, 2.05) is 4.90 Å². The second-order valence-electron chi connectivity index (χ2n) is 12.2. The average molecular weight is 721 g/mol. The highest BCUT2D eigenvalue weighted by Gasteiger charge is 2.33. The minimum atomic E-state index is -4.46. The van der Waals surface area contributed by atoms with Gasteiger partial charge in [0.2, 0.25) is 5.82 Å². The van der Waals surface area contributed by atoms with E-state index in [4.69, 9.17) is 28.2 Å². The van der Waals surface area contributed by atoms with E-state index in [2.05, 4.69) is 20.5 Å². The summed E-state index contributed by atoms with van der Waals surface area (Å²) in [5.74, 6) is -1.46. The van der Waals surface area contributed by atoms with Crippen LogP contribution in [0, 0.1) is 0 Å². The van der Waals surface area contributed by atoms with E-state index >= 15 is 0 Å². The van der Waals surface area contributed by atoms with Crippen LogP contribution in [0.3, 0.4) is 0 Å². The molecule has 0 bridgehead atoms. The molecule has 18 heteroatoms. The van der Waals surface area contributed by atoms with Gasteiger partial charge < -0.3 is 33.1 Å². The van der Waals surface area contributed by atoms with Gasteiger partial charge in [-0.1, -0.05) is 41.8 Å². The fourth-order valence-electron chi connectivity index (χ4n) is 5.80. The number of carbonyl (C=O) groups excluding carboxylic acids is 3. The Morgan fingerprint density at radius 3 is 2.43 bits per heavy atom. The number of aromatic nitrogens is 5. The van der Waals surface area contributed by atoms with Crippen molar-refractivity contribution < 1.29 is 55.8 Å². The minimum Gasteiger partial charge on any atom is -0.463 e. The topological polar surface area (TPSA) is 170 Å². The molecule has 1 fully saturated rings. The fraction of sp³-hybridized carbons (Fsp3) is 0.545. The zero-order valence-electron chi connectivity index (χ0n) is 28.3. The Morgan fingerprint density at radius 1 is 1.02 bits per heavy atom. The number of carbonyl (C=O) groups is 3. The maximum Gasteiger partial charge on any atom is 0.416 e. The molecule has 4 atom stereocenters. The summed E-state index contributed by atoms with van der Waals surface area (Å²) < 4.78 is 73.8. The third-order valence-electron chi connectivity index (χ3n) is 8.12. The fourth-order valence-corrected chi connectivity index (χ4v) is 5.80. The van der Waals surface area contributed by atoms with Gasteiger partial charge in [-0.25, -0.2) is 4.68 Å². The van der Waals surface area contributed by atoms with Gasteiger partial charge in [0, 0.05) is 32.4 Å². The standard InChI is InChI=1S/C33H39F3N6O9/c1-20(43)46-19-29-28(49-22(3)45)13-14-30(50-29)47-18-27(48-21(2)44)17-41-15-25(38-40-41)16-42(26-7-5-4-6-8-26)32-37-31(39-51-32)23-9-11-24(12-10-23)33(34,35)36/h9-15,26-30H,4-8,16-19H2,1-3H3/t27-,28+,29-,30+/m1/s1. The molecule has 2 aliphatic rings. The Hall–Kier alpha value is -4.84. The van der Waals surface area contributed by atoms with Crippen molar-refractivity contribution in [2.75, 3.05) is 18.1 Å². The third-order valence-corrected chi connectivity index (χ3v) is 8.12. The number of rotatable bonds is 14. The molecule has 276 valence electrons. The van der Waals surface area contributed by atoms with Crippen LogP contribution in [0.1, 0.15) is 64.1 Å². The summed E-state index contributed by atoms with van der Waals surface area (Å²) in [4.78, 5) is 41.3. The van der Waals surface area contributed by atoms with Gasteiger partial charge in [0.1, 0.15) is 30.6 Å². The average Bonchev–Trinajstić information content (AvgIpc) is 3.75. The van der Waals surface area contributed by atoms with Gasteiger partial charge in [-0.3, -0.25) is 14.4 Å². The van der Waals surface area contributed by atoms with Crippen LogP contribution in [0.15, 0.2) is 47.1 Å². The molecule has 0 radical (unpaired) electrons. The Kier molecular flexibility index (Phi) is 12.4. The Morgan fingerprint density at radius 2 is 1.76 bits per heavy atom. The summed E-state index contributed by atoms with van der Waals surface area (Å²) in [6.45, 7) is 3.81. The van der Waals surface area contributed by atoms with Gasteiger partial charge >= 0.3 is 30.1 Å². The molecular weight excluding hydrogens is 681 g/mol. The molecule has 2 aromatic heterocycles. The summed E-state index contributed by atoms with van der Waals surface area (Å²) in [6.07, 6.45) is 1.85. The van der Waals surface area contributed by atoms with Crippen LogP contribution in [-0.2, 0) is 57.3 Å². The molecular formula is C33H39F3N6O9. The van der Waals surface area contributed by atoms with Crippen LogP contribution < -0.4 is 4.90 Å². The highest BCUT2D eigenvalue weighted by molar-refractivity contribution is 5.67. The molecule has 0 saturated heterocycles. The van der Waals surface area contributed by atoms with Crippen LogP contribution in [0.2, 0.25) is 0 Å². The van der Waals surface area contributed by atoms with Gasteiger partial charge in [-0.2, -0.15) is 18.2 Å². The number of halogens is 3. The molecule has 3 aromatic rings. The van der Waals surface area contributed by atoms with Crippen molar-refractivity contribution in [2.45, 2.75) is 103 Å². The van der Waals surface area contributed by atoms with Gasteiger partial charge in [-0.05, 0) is 37.1 Å². The van der Waals surface area contributed by atoms with Gasteiger partial charge in [0.15, 0.2) is 6.29 Å². The van der Waals surface area contributed by atoms with Crippen LogP contribution in [0.5, 0.6) is 0 Å². The number of hydrogen-bond acceptors (Lipinski definition) is 14. The molecule has 0 amide bonds. The molecule has 15 nitrogen and oxygen atoms in total. The number of alkyl halides is 3. The Bertz CT molecular complexity index is 1660. The van der Waals surface area contributed by atoms with Gasteiger partial charge in [0.05, 0.1) is 31.5 Å². The van der Waals surface area contributed by atoms with Crippen LogP contribution >= 0.6 is 0 Å². The molecule has 5 rings (SSSR count). The van der Waals surface area contributed by atoms with E-state index in [0.717, 1.165) is 44.2 Å². The summed E-state index contributed by atoms with van der Waals surface area (Å²) in [5.41, 5.74) is 0.160. The molecule has 1 aromatic carbocycles. The number of anilines is 1. The number of esters is 3. The van der Waals surface area contributed by atoms with Crippen molar-refractivity contribution in [3.05, 3.63) is 53.9 Å². The van der Waals surface area contributed by atoms with Gasteiger partial charge in [-0.15, -0.1) is 5.10 Å². The number of ether oxygens (including phenoxy) is 5. The first-order valence-corrected chi connectivity index (χ1v) is 16.4. The van der Waals surface area contributed by atoms with Crippen molar-refractivity contribution in [1.29, 1.82) is 0 Å². The third kappa shape index (κ3) is 10.8. The first-order chi connectivity index (χ1) is 24.3. The lowest BCUT2D eigenvalue weighted by atomic mass is 9.94.